The number of hydrogen-bond donors (Lipinski definition) is 3. The lowest BCUT2D eigenvalue weighted by Gasteiger charge is -2.28. The van der Waals surface area contributed by atoms with Gasteiger partial charge in [0.15, 0.2) is 0 Å². The quantitative estimate of drug-likeness (QED) is 0.732. The fourth-order valence-corrected chi connectivity index (χ4v) is 2.53. The summed E-state index contributed by atoms with van der Waals surface area (Å²) in [6, 6.07) is 4.81. The Kier molecular flexibility index (Phi) is 4.84. The Labute approximate surface area is 119 Å². The fourth-order valence-electron chi connectivity index (χ4n) is 2.53. The van der Waals surface area contributed by atoms with Crippen LogP contribution in [-0.4, -0.2) is 29.8 Å². The van der Waals surface area contributed by atoms with Crippen LogP contribution >= 0.6 is 0 Å². The maximum atomic E-state index is 12.2. The lowest BCUT2D eigenvalue weighted by atomic mass is 9.92. The van der Waals surface area contributed by atoms with E-state index in [1.165, 1.54) is 0 Å². The molecule has 1 aliphatic rings. The number of carbonyl (C=O) groups is 1. The molecular formula is C15H22N2O3. The number of nitrogens with one attached hydrogen (secondary N) is 1. The summed E-state index contributed by atoms with van der Waals surface area (Å²) in [4.78, 5) is 12.2. The molecule has 1 saturated carbocycles. The predicted molar refractivity (Wildman–Crippen MR) is 77.8 cm³/mol. The van der Waals surface area contributed by atoms with Crippen molar-refractivity contribution >= 4 is 11.6 Å². The van der Waals surface area contributed by atoms with Crippen LogP contribution in [0.2, 0.25) is 0 Å². The van der Waals surface area contributed by atoms with Crippen LogP contribution in [0.4, 0.5) is 5.69 Å². The molecule has 1 fully saturated rings. The molecule has 4 N–H and O–H groups in total. The summed E-state index contributed by atoms with van der Waals surface area (Å²) in [5, 5.41) is 12.8. The number of nitrogen functional groups attached to an aromatic ring is 1. The van der Waals surface area contributed by atoms with Gasteiger partial charge in [0, 0.05) is 17.3 Å². The monoisotopic (exact) mass is 278 g/mol. The highest BCUT2D eigenvalue weighted by Gasteiger charge is 2.25. The Morgan fingerprint density at radius 1 is 1.40 bits per heavy atom. The van der Waals surface area contributed by atoms with Crippen molar-refractivity contribution in [3.63, 3.8) is 0 Å². The molecular weight excluding hydrogens is 256 g/mol. The third kappa shape index (κ3) is 3.63. The molecule has 5 heteroatoms. The average molecular weight is 278 g/mol. The second kappa shape index (κ2) is 6.61. The van der Waals surface area contributed by atoms with E-state index in [0.717, 1.165) is 25.7 Å². The zero-order chi connectivity index (χ0) is 14.5. The van der Waals surface area contributed by atoms with Crippen molar-refractivity contribution in [3.8, 4) is 5.75 Å². The van der Waals surface area contributed by atoms with Crippen LogP contribution in [0.5, 0.6) is 5.75 Å². The van der Waals surface area contributed by atoms with Gasteiger partial charge in [-0.1, -0.05) is 12.8 Å². The van der Waals surface area contributed by atoms with Crippen molar-refractivity contribution in [1.29, 1.82) is 0 Å². The van der Waals surface area contributed by atoms with E-state index in [2.05, 4.69) is 5.32 Å². The number of carbonyl (C=O) groups excluding carboxylic acids is 1. The first-order valence-electron chi connectivity index (χ1n) is 7.12. The first-order valence-corrected chi connectivity index (χ1v) is 7.12. The van der Waals surface area contributed by atoms with E-state index >= 15 is 0 Å². The zero-order valence-electron chi connectivity index (χ0n) is 11.8. The maximum Gasteiger partial charge on any atom is 0.251 e. The Bertz CT molecular complexity index is 476. The summed E-state index contributed by atoms with van der Waals surface area (Å²) in [6.45, 7) is 2.40. The van der Waals surface area contributed by atoms with Gasteiger partial charge in [0.05, 0.1) is 18.8 Å². The van der Waals surface area contributed by atoms with Gasteiger partial charge >= 0.3 is 0 Å². The van der Waals surface area contributed by atoms with Crippen molar-refractivity contribution < 1.29 is 14.6 Å². The number of rotatable bonds is 4. The number of ether oxygens (including phenoxy) is 1. The van der Waals surface area contributed by atoms with E-state index in [1.807, 2.05) is 6.92 Å². The van der Waals surface area contributed by atoms with Crippen LogP contribution in [0.15, 0.2) is 18.2 Å². The van der Waals surface area contributed by atoms with Crippen LogP contribution in [0.3, 0.4) is 0 Å². The number of amides is 1. The summed E-state index contributed by atoms with van der Waals surface area (Å²) in [5.74, 6) is 0.367. The standard InChI is InChI=1S/C15H22N2O3/c1-2-20-12-8-10(7-11(16)9-12)15(19)17-13-5-3-4-6-14(13)18/h7-9,13-14,18H,2-6,16H2,1H3,(H,17,19). The molecule has 0 aliphatic heterocycles. The molecule has 1 amide bonds. The predicted octanol–water partition coefficient (Wildman–Crippen LogP) is 1.70. The van der Waals surface area contributed by atoms with E-state index in [4.69, 9.17) is 10.5 Å². The lowest BCUT2D eigenvalue weighted by Crippen LogP contribution is -2.45. The van der Waals surface area contributed by atoms with Gasteiger partial charge in [0.1, 0.15) is 5.75 Å². The molecule has 0 heterocycles. The molecule has 1 aromatic carbocycles. The Hall–Kier alpha value is -1.75. The molecule has 0 saturated heterocycles. The summed E-state index contributed by atoms with van der Waals surface area (Å²) >= 11 is 0. The topological polar surface area (TPSA) is 84.6 Å². The molecule has 20 heavy (non-hydrogen) atoms. The van der Waals surface area contributed by atoms with E-state index in [1.54, 1.807) is 18.2 Å². The number of anilines is 1. The number of aliphatic hydroxyl groups is 1. The fraction of sp³-hybridized carbons (Fsp3) is 0.533. The molecule has 5 nitrogen and oxygen atoms in total. The molecule has 0 radical (unpaired) electrons. The van der Waals surface area contributed by atoms with Gasteiger partial charge in [-0.05, 0) is 31.9 Å². The van der Waals surface area contributed by atoms with Gasteiger partial charge in [-0.2, -0.15) is 0 Å². The Morgan fingerprint density at radius 2 is 2.15 bits per heavy atom. The highest BCUT2D eigenvalue weighted by atomic mass is 16.5. The molecule has 0 spiro atoms. The number of nitrogens with two attached hydrogens (primary N) is 1. The van der Waals surface area contributed by atoms with Crippen LogP contribution in [0.1, 0.15) is 43.0 Å². The summed E-state index contributed by atoms with van der Waals surface area (Å²) in [6.07, 6.45) is 3.14. The lowest BCUT2D eigenvalue weighted by molar-refractivity contribution is 0.0717. The van der Waals surface area contributed by atoms with Crippen LogP contribution in [0.25, 0.3) is 0 Å². The van der Waals surface area contributed by atoms with Crippen LogP contribution in [0, 0.1) is 0 Å². The second-order valence-corrected chi connectivity index (χ2v) is 5.16. The van der Waals surface area contributed by atoms with Crippen molar-refractivity contribution in [2.75, 3.05) is 12.3 Å². The minimum absolute atomic E-state index is 0.173. The number of benzene rings is 1. The Balaban J connectivity index is 2.08. The SMILES string of the molecule is CCOc1cc(N)cc(C(=O)NC2CCCCC2O)c1. The molecule has 0 bridgehead atoms. The molecule has 0 aromatic heterocycles. The third-order valence-corrected chi connectivity index (χ3v) is 3.55. The van der Waals surface area contributed by atoms with E-state index in [-0.39, 0.29) is 11.9 Å². The van der Waals surface area contributed by atoms with Gasteiger partial charge < -0.3 is 20.9 Å². The first-order chi connectivity index (χ1) is 9.60. The smallest absolute Gasteiger partial charge is 0.251 e. The normalized spacial score (nSPS) is 22.3. The van der Waals surface area contributed by atoms with Crippen molar-refractivity contribution in [2.45, 2.75) is 44.8 Å². The minimum atomic E-state index is -0.458. The highest BCUT2D eigenvalue weighted by Crippen LogP contribution is 2.21. The van der Waals surface area contributed by atoms with Gasteiger partial charge in [-0.15, -0.1) is 0 Å². The van der Waals surface area contributed by atoms with E-state index in [9.17, 15) is 9.90 Å². The second-order valence-electron chi connectivity index (χ2n) is 5.16. The van der Waals surface area contributed by atoms with Crippen molar-refractivity contribution in [3.05, 3.63) is 23.8 Å². The summed E-state index contributed by atoms with van der Waals surface area (Å²) < 4.78 is 5.38. The third-order valence-electron chi connectivity index (χ3n) is 3.55. The summed E-state index contributed by atoms with van der Waals surface area (Å²) in [5.41, 5.74) is 6.73. The minimum Gasteiger partial charge on any atom is -0.494 e. The van der Waals surface area contributed by atoms with Gasteiger partial charge in [-0.3, -0.25) is 4.79 Å². The Morgan fingerprint density at radius 3 is 2.85 bits per heavy atom. The summed E-state index contributed by atoms with van der Waals surface area (Å²) in [7, 11) is 0. The average Bonchev–Trinajstić information content (AvgIpc) is 2.41. The molecule has 2 rings (SSSR count). The van der Waals surface area contributed by atoms with Gasteiger partial charge in [0.2, 0.25) is 0 Å². The molecule has 110 valence electrons. The first kappa shape index (κ1) is 14.7. The molecule has 1 aromatic rings. The van der Waals surface area contributed by atoms with E-state index < -0.39 is 6.10 Å². The van der Waals surface area contributed by atoms with Crippen LogP contribution < -0.4 is 15.8 Å². The largest absolute Gasteiger partial charge is 0.494 e. The highest BCUT2D eigenvalue weighted by molar-refractivity contribution is 5.95. The zero-order valence-corrected chi connectivity index (χ0v) is 11.8. The van der Waals surface area contributed by atoms with Crippen molar-refractivity contribution in [1.82, 2.24) is 5.32 Å². The number of hydrogen-bond acceptors (Lipinski definition) is 4. The van der Waals surface area contributed by atoms with Gasteiger partial charge in [-0.25, -0.2) is 0 Å². The maximum absolute atomic E-state index is 12.2. The van der Waals surface area contributed by atoms with E-state index in [0.29, 0.717) is 23.6 Å². The number of aliphatic hydroxyl groups excluding tert-OH is 1. The van der Waals surface area contributed by atoms with Crippen molar-refractivity contribution in [2.24, 2.45) is 0 Å². The van der Waals surface area contributed by atoms with Gasteiger partial charge in [0.25, 0.3) is 5.91 Å². The molecule has 2 atom stereocenters. The molecule has 2 unspecified atom stereocenters. The molecule has 1 aliphatic carbocycles. The van der Waals surface area contributed by atoms with Crippen LogP contribution in [-0.2, 0) is 0 Å².